The van der Waals surface area contributed by atoms with E-state index in [0.717, 1.165) is 11.8 Å². The molecule has 1 saturated heterocycles. The van der Waals surface area contributed by atoms with Gasteiger partial charge in [0.1, 0.15) is 10.1 Å². The SMILES string of the molecule is O=C(COc1ccc(Cl)cc1/C=C1\SC(=S)NC1=O)Nc1ccc([N+](=O)[O-])cc1. The highest BCUT2D eigenvalue weighted by molar-refractivity contribution is 8.26. The molecule has 1 aliphatic heterocycles. The van der Waals surface area contributed by atoms with Crippen LogP contribution in [0.15, 0.2) is 47.4 Å². The summed E-state index contributed by atoms with van der Waals surface area (Å²) in [5.41, 5.74) is 0.838. The second-order valence-corrected chi connectivity index (χ2v) is 7.83. The Bertz CT molecular complexity index is 1040. The first-order valence-electron chi connectivity index (χ1n) is 8.03. The van der Waals surface area contributed by atoms with Crippen LogP contribution < -0.4 is 15.4 Å². The summed E-state index contributed by atoms with van der Waals surface area (Å²) in [6.45, 7) is -0.313. The highest BCUT2D eigenvalue weighted by Crippen LogP contribution is 2.31. The van der Waals surface area contributed by atoms with Gasteiger partial charge in [-0.2, -0.15) is 0 Å². The number of thioether (sulfide) groups is 1. The Labute approximate surface area is 179 Å². The van der Waals surface area contributed by atoms with E-state index in [-0.39, 0.29) is 18.2 Å². The van der Waals surface area contributed by atoms with Crippen LogP contribution in [0.1, 0.15) is 5.56 Å². The normalized spacial score (nSPS) is 14.6. The first-order valence-corrected chi connectivity index (χ1v) is 9.63. The number of nitrogens with one attached hydrogen (secondary N) is 2. The van der Waals surface area contributed by atoms with Crippen LogP contribution in [0.25, 0.3) is 6.08 Å². The van der Waals surface area contributed by atoms with Crippen LogP contribution >= 0.6 is 35.6 Å². The van der Waals surface area contributed by atoms with E-state index in [0.29, 0.717) is 31.2 Å². The molecule has 1 fully saturated rings. The lowest BCUT2D eigenvalue weighted by Gasteiger charge is -2.10. The van der Waals surface area contributed by atoms with Crippen molar-refractivity contribution in [3.05, 3.63) is 68.1 Å². The van der Waals surface area contributed by atoms with E-state index in [1.165, 1.54) is 24.3 Å². The molecule has 0 saturated carbocycles. The van der Waals surface area contributed by atoms with E-state index in [2.05, 4.69) is 10.6 Å². The fourth-order valence-electron chi connectivity index (χ4n) is 2.33. The number of rotatable bonds is 6. The molecule has 2 N–H and O–H groups in total. The van der Waals surface area contributed by atoms with E-state index < -0.39 is 10.8 Å². The first-order chi connectivity index (χ1) is 13.8. The van der Waals surface area contributed by atoms with Gasteiger partial charge in [0.15, 0.2) is 6.61 Å². The number of amides is 2. The van der Waals surface area contributed by atoms with Gasteiger partial charge < -0.3 is 15.4 Å². The van der Waals surface area contributed by atoms with Gasteiger partial charge in [-0.1, -0.05) is 35.6 Å². The Morgan fingerprint density at radius 3 is 2.66 bits per heavy atom. The van der Waals surface area contributed by atoms with Gasteiger partial charge in [0.2, 0.25) is 0 Å². The Morgan fingerprint density at radius 1 is 1.31 bits per heavy atom. The maximum absolute atomic E-state index is 12.1. The molecule has 0 unspecified atom stereocenters. The molecule has 3 rings (SSSR count). The second kappa shape index (κ2) is 9.03. The zero-order valence-electron chi connectivity index (χ0n) is 14.5. The maximum atomic E-state index is 12.1. The van der Waals surface area contributed by atoms with E-state index in [4.69, 9.17) is 28.6 Å². The average Bonchev–Trinajstić information content (AvgIpc) is 2.98. The Balaban J connectivity index is 1.68. The summed E-state index contributed by atoms with van der Waals surface area (Å²) in [6.07, 6.45) is 1.58. The van der Waals surface area contributed by atoms with Crippen LogP contribution in [0.4, 0.5) is 11.4 Å². The monoisotopic (exact) mass is 449 g/mol. The number of nitrogens with zero attached hydrogens (tertiary/aromatic N) is 1. The minimum Gasteiger partial charge on any atom is -0.483 e. The lowest BCUT2D eigenvalue weighted by molar-refractivity contribution is -0.384. The minimum atomic E-state index is -0.527. The third-order valence-corrected chi connectivity index (χ3v) is 5.02. The molecular formula is C18H12ClN3O5S2. The number of anilines is 1. The van der Waals surface area contributed by atoms with Crippen LogP contribution in [-0.4, -0.2) is 27.7 Å². The van der Waals surface area contributed by atoms with Crippen molar-refractivity contribution < 1.29 is 19.2 Å². The number of non-ortho nitro benzene ring substituents is 1. The second-order valence-electron chi connectivity index (χ2n) is 5.68. The number of carbonyl (C=O) groups is 2. The molecule has 0 bridgehead atoms. The third-order valence-electron chi connectivity index (χ3n) is 3.62. The molecule has 8 nitrogen and oxygen atoms in total. The van der Waals surface area contributed by atoms with Crippen molar-refractivity contribution in [2.75, 3.05) is 11.9 Å². The summed E-state index contributed by atoms with van der Waals surface area (Å²) >= 11 is 12.1. The fourth-order valence-corrected chi connectivity index (χ4v) is 3.55. The standard InChI is InChI=1S/C18H12ClN3O5S2/c19-11-1-6-14(10(7-11)8-15-17(24)21-18(28)29-15)27-9-16(23)20-12-2-4-13(5-3-12)22(25)26/h1-8H,9H2,(H,20,23)(H,21,24,28)/b15-8-. The predicted octanol–water partition coefficient (Wildman–Crippen LogP) is 3.75. The molecule has 0 radical (unpaired) electrons. The van der Waals surface area contributed by atoms with Gasteiger partial charge in [0, 0.05) is 28.4 Å². The number of nitro benzene ring substituents is 1. The van der Waals surface area contributed by atoms with E-state index in [1.807, 2.05) is 0 Å². The highest BCUT2D eigenvalue weighted by Gasteiger charge is 2.22. The fraction of sp³-hybridized carbons (Fsp3) is 0.0556. The number of carbonyl (C=O) groups excluding carboxylic acids is 2. The quantitative estimate of drug-likeness (QED) is 0.299. The molecule has 1 aliphatic rings. The first kappa shape index (κ1) is 20.8. The Hall–Kier alpha value is -2.95. The number of benzene rings is 2. The van der Waals surface area contributed by atoms with Crippen molar-refractivity contribution >= 4 is 69.2 Å². The summed E-state index contributed by atoms with van der Waals surface area (Å²) in [5.74, 6) is -0.421. The number of thiocarbonyl (C=S) groups is 1. The van der Waals surface area contributed by atoms with Crippen molar-refractivity contribution in [2.24, 2.45) is 0 Å². The smallest absolute Gasteiger partial charge is 0.269 e. The van der Waals surface area contributed by atoms with Crippen LogP contribution in [0.3, 0.4) is 0 Å². The molecule has 2 amide bonds. The Morgan fingerprint density at radius 2 is 2.03 bits per heavy atom. The Kier molecular flexibility index (Phi) is 6.47. The van der Waals surface area contributed by atoms with Gasteiger partial charge >= 0.3 is 0 Å². The van der Waals surface area contributed by atoms with Gasteiger partial charge in [-0.3, -0.25) is 19.7 Å². The molecule has 0 atom stereocenters. The topological polar surface area (TPSA) is 111 Å². The summed E-state index contributed by atoms with van der Waals surface area (Å²) in [4.78, 5) is 34.5. The molecule has 1 heterocycles. The zero-order chi connectivity index (χ0) is 21.0. The van der Waals surface area contributed by atoms with Crippen LogP contribution in [0.5, 0.6) is 5.75 Å². The van der Waals surface area contributed by atoms with Crippen molar-refractivity contribution in [1.82, 2.24) is 5.32 Å². The van der Waals surface area contributed by atoms with Crippen LogP contribution in [0, 0.1) is 10.1 Å². The lowest BCUT2D eigenvalue weighted by atomic mass is 10.2. The summed E-state index contributed by atoms with van der Waals surface area (Å²) in [6, 6.07) is 10.2. The van der Waals surface area contributed by atoms with Crippen molar-refractivity contribution in [1.29, 1.82) is 0 Å². The average molecular weight is 450 g/mol. The van der Waals surface area contributed by atoms with Gasteiger partial charge in [-0.15, -0.1) is 0 Å². The van der Waals surface area contributed by atoms with Crippen molar-refractivity contribution in [2.45, 2.75) is 0 Å². The lowest BCUT2D eigenvalue weighted by Crippen LogP contribution is -2.20. The molecule has 11 heteroatoms. The number of hydrogen-bond acceptors (Lipinski definition) is 7. The minimum absolute atomic E-state index is 0.0774. The number of hydrogen-bond donors (Lipinski definition) is 2. The molecule has 29 heavy (non-hydrogen) atoms. The van der Waals surface area contributed by atoms with Gasteiger partial charge in [-0.25, -0.2) is 0 Å². The van der Waals surface area contributed by atoms with Crippen molar-refractivity contribution in [3.63, 3.8) is 0 Å². The molecule has 0 aliphatic carbocycles. The third kappa shape index (κ3) is 5.53. The highest BCUT2D eigenvalue weighted by atomic mass is 35.5. The van der Waals surface area contributed by atoms with Crippen molar-refractivity contribution in [3.8, 4) is 5.75 Å². The number of halogens is 1. The molecule has 2 aromatic rings. The molecule has 148 valence electrons. The maximum Gasteiger partial charge on any atom is 0.269 e. The molecule has 0 spiro atoms. The molecule has 2 aromatic carbocycles. The van der Waals surface area contributed by atoms with Crippen LogP contribution in [0.2, 0.25) is 5.02 Å². The van der Waals surface area contributed by atoms with Gasteiger partial charge in [0.05, 0.1) is 9.83 Å². The summed E-state index contributed by atoms with van der Waals surface area (Å²) < 4.78 is 5.92. The molecular weight excluding hydrogens is 438 g/mol. The summed E-state index contributed by atoms with van der Waals surface area (Å²) in [7, 11) is 0. The predicted molar refractivity (Wildman–Crippen MR) is 115 cm³/mol. The molecule has 0 aromatic heterocycles. The largest absolute Gasteiger partial charge is 0.483 e. The van der Waals surface area contributed by atoms with E-state index in [9.17, 15) is 19.7 Å². The van der Waals surface area contributed by atoms with Crippen LogP contribution in [-0.2, 0) is 9.59 Å². The van der Waals surface area contributed by atoms with E-state index >= 15 is 0 Å². The summed E-state index contributed by atoms with van der Waals surface area (Å²) in [5, 5.41) is 16.2. The van der Waals surface area contributed by atoms with Gasteiger partial charge in [-0.05, 0) is 36.4 Å². The van der Waals surface area contributed by atoms with Gasteiger partial charge in [0.25, 0.3) is 17.5 Å². The number of nitro groups is 1. The van der Waals surface area contributed by atoms with E-state index in [1.54, 1.807) is 24.3 Å². The zero-order valence-corrected chi connectivity index (χ0v) is 16.9. The number of ether oxygens (including phenoxy) is 1.